The van der Waals surface area contributed by atoms with Gasteiger partial charge in [0.25, 0.3) is 0 Å². The molecule has 0 radical (unpaired) electrons. The number of likely N-dealkylation sites (tertiary alicyclic amines) is 1. The number of phenolic OH excluding ortho intramolecular Hbond substituents is 1. The van der Waals surface area contributed by atoms with Gasteiger partial charge in [0.2, 0.25) is 0 Å². The van der Waals surface area contributed by atoms with E-state index in [1.807, 2.05) is 0 Å². The highest BCUT2D eigenvalue weighted by atomic mass is 19.4. The Kier molecular flexibility index (Phi) is 8.46. The normalized spacial score (nSPS) is 21.2. The molecule has 3 aliphatic heterocycles. The number of alkyl halides is 3. The van der Waals surface area contributed by atoms with E-state index in [4.69, 9.17) is 14.7 Å². The predicted molar refractivity (Wildman–Crippen MR) is 177 cm³/mol. The number of piperidine rings is 1. The minimum Gasteiger partial charge on any atom is -0.508 e. The van der Waals surface area contributed by atoms with Crippen molar-refractivity contribution in [3.8, 4) is 23.0 Å². The third kappa shape index (κ3) is 6.41. The van der Waals surface area contributed by atoms with E-state index in [1.165, 1.54) is 18.2 Å². The third-order valence-electron chi connectivity index (χ3n) is 10.8. The molecule has 2 N–H and O–H groups in total. The quantitative estimate of drug-likeness (QED) is 0.212. The number of anilines is 1. The van der Waals surface area contributed by atoms with Crippen LogP contribution in [0.5, 0.6) is 11.8 Å². The second-order valence-electron chi connectivity index (χ2n) is 14.3. The van der Waals surface area contributed by atoms with E-state index in [0.717, 1.165) is 38.8 Å². The summed E-state index contributed by atoms with van der Waals surface area (Å²) in [7, 11) is 0. The van der Waals surface area contributed by atoms with Gasteiger partial charge in [-0.2, -0.15) is 9.97 Å². The highest BCUT2D eigenvalue weighted by molar-refractivity contribution is 6.02. The number of ether oxygens (including phenoxy) is 2. The monoisotopic (exact) mass is 698 g/mol. The van der Waals surface area contributed by atoms with Crippen molar-refractivity contribution in [2.45, 2.75) is 70.4 Å². The molecule has 50 heavy (non-hydrogen) atoms. The van der Waals surface area contributed by atoms with Crippen LogP contribution >= 0.6 is 0 Å². The van der Waals surface area contributed by atoms with Crippen molar-refractivity contribution in [1.82, 2.24) is 25.2 Å². The summed E-state index contributed by atoms with van der Waals surface area (Å²) in [5, 5.41) is 15.7. The zero-order valence-corrected chi connectivity index (χ0v) is 27.8. The van der Waals surface area contributed by atoms with Crippen LogP contribution in [0, 0.1) is 24.0 Å². The highest BCUT2D eigenvalue weighted by Crippen LogP contribution is 2.47. The van der Waals surface area contributed by atoms with Gasteiger partial charge in [0.1, 0.15) is 28.6 Å². The number of nitrogens with one attached hydrogen (secondary N) is 1. The molecule has 3 fully saturated rings. The smallest absolute Gasteiger partial charge is 0.508 e. The van der Waals surface area contributed by atoms with Gasteiger partial charge in [-0.3, -0.25) is 4.74 Å². The van der Waals surface area contributed by atoms with E-state index < -0.39 is 24.1 Å². The lowest BCUT2D eigenvalue weighted by molar-refractivity contribution is -0.345. The average Bonchev–Trinajstić information content (AvgIpc) is 3.85. The summed E-state index contributed by atoms with van der Waals surface area (Å²) in [6.45, 7) is 5.73. The van der Waals surface area contributed by atoms with E-state index >= 15 is 4.39 Å². The van der Waals surface area contributed by atoms with Gasteiger partial charge in [-0.1, -0.05) is 6.07 Å². The Morgan fingerprint density at radius 3 is 2.58 bits per heavy atom. The van der Waals surface area contributed by atoms with Gasteiger partial charge in [-0.05, 0) is 86.4 Å². The molecule has 2 aromatic carbocycles. The van der Waals surface area contributed by atoms with Crippen LogP contribution in [0.25, 0.3) is 32.9 Å². The number of nitrogens with zero attached hydrogens (tertiary/aromatic N) is 5. The van der Waals surface area contributed by atoms with Gasteiger partial charge in [0.05, 0.1) is 23.8 Å². The Morgan fingerprint density at radius 2 is 1.82 bits per heavy atom. The van der Waals surface area contributed by atoms with Gasteiger partial charge >= 0.3 is 12.4 Å². The number of hydrogen-bond acceptors (Lipinski definition) is 9. The molecule has 0 bridgehead atoms. The maximum absolute atomic E-state index is 17.0. The lowest BCUT2D eigenvalue weighted by Crippen LogP contribution is -2.52. The molecule has 4 aliphatic rings. The largest absolute Gasteiger partial charge is 0.522 e. The second kappa shape index (κ2) is 12.7. The molecule has 1 atom stereocenters. The molecule has 8 rings (SSSR count). The number of halogens is 5. The minimum atomic E-state index is -4.63. The molecule has 2 aromatic heterocycles. The number of aromatic nitrogens is 3. The lowest BCUT2D eigenvalue weighted by Gasteiger charge is -2.39. The van der Waals surface area contributed by atoms with Gasteiger partial charge < -0.3 is 25.0 Å². The first-order valence-corrected chi connectivity index (χ1v) is 17.4. The summed E-state index contributed by atoms with van der Waals surface area (Å²) in [4.78, 5) is 18.8. The van der Waals surface area contributed by atoms with Gasteiger partial charge in [0.15, 0.2) is 5.82 Å². The number of pyridine rings is 1. The van der Waals surface area contributed by atoms with Crippen LogP contribution in [0.15, 0.2) is 24.3 Å². The van der Waals surface area contributed by atoms with E-state index in [0.29, 0.717) is 78.7 Å². The molecular formula is C36H39F5N6O3. The van der Waals surface area contributed by atoms with Crippen molar-refractivity contribution in [1.29, 1.82) is 0 Å². The summed E-state index contributed by atoms with van der Waals surface area (Å²) in [6, 6.07) is 6.01. The Hall–Kier alpha value is -3.88. The minimum absolute atomic E-state index is 0.0216. The molecule has 0 spiro atoms. The molecule has 4 aromatic rings. The standard InChI is InChI=1S/C36H39F5N6O3/c1-20-26(37)6-5-21-15-23(48)16-25(28(20)21)31-30(38)32-29-27(43-31)4-2-3-22-17-42-11-14-47(22)33(29)45-34(44-32)49-19-35(9-10-35)18-46-12-7-24(8-13-46)50-36(39,40)41/h5-6,15-16,22,24,42,48H,2-4,7-14,17-19H2,1H3/t22-/m1/s1. The fourth-order valence-electron chi connectivity index (χ4n) is 8.02. The number of rotatable bonds is 7. The van der Waals surface area contributed by atoms with Crippen LogP contribution in [0.4, 0.5) is 27.8 Å². The summed E-state index contributed by atoms with van der Waals surface area (Å²) < 4.78 is 80.6. The molecular weight excluding hydrogens is 659 g/mol. The predicted octanol–water partition coefficient (Wildman–Crippen LogP) is 6.41. The highest BCUT2D eigenvalue weighted by Gasteiger charge is 2.46. The van der Waals surface area contributed by atoms with Crippen molar-refractivity contribution in [3.63, 3.8) is 0 Å². The van der Waals surface area contributed by atoms with Crippen LogP contribution in [-0.4, -0.2) is 89.3 Å². The fraction of sp³-hybridized carbons (Fsp3) is 0.528. The number of aryl methyl sites for hydroxylation is 2. The molecule has 0 unspecified atom stereocenters. The number of hydrogen-bond donors (Lipinski definition) is 2. The zero-order chi connectivity index (χ0) is 34.8. The number of phenols is 1. The maximum Gasteiger partial charge on any atom is 0.522 e. The molecule has 1 aliphatic carbocycles. The fourth-order valence-corrected chi connectivity index (χ4v) is 8.02. The molecule has 0 amide bonds. The first kappa shape index (κ1) is 33.3. The third-order valence-corrected chi connectivity index (χ3v) is 10.8. The Balaban J connectivity index is 1.16. The first-order chi connectivity index (χ1) is 24.0. The molecule has 2 saturated heterocycles. The van der Waals surface area contributed by atoms with Crippen molar-refractivity contribution >= 4 is 27.5 Å². The van der Waals surface area contributed by atoms with Crippen LogP contribution in [0.1, 0.15) is 49.8 Å². The van der Waals surface area contributed by atoms with Crippen molar-refractivity contribution in [3.05, 3.63) is 47.2 Å². The summed E-state index contributed by atoms with van der Waals surface area (Å²) in [6.07, 6.45) is -0.842. The molecule has 1 saturated carbocycles. The maximum atomic E-state index is 17.0. The summed E-state index contributed by atoms with van der Waals surface area (Å²) in [5.41, 5.74) is 1.08. The van der Waals surface area contributed by atoms with E-state index in [9.17, 15) is 22.7 Å². The molecule has 266 valence electrons. The van der Waals surface area contributed by atoms with Crippen LogP contribution in [0.3, 0.4) is 0 Å². The number of fused-ring (bicyclic) bond motifs is 3. The zero-order valence-electron chi connectivity index (χ0n) is 27.8. The summed E-state index contributed by atoms with van der Waals surface area (Å²) in [5.74, 6) is -0.669. The van der Waals surface area contributed by atoms with Gasteiger partial charge in [0, 0.05) is 56.3 Å². The Bertz CT molecular complexity index is 1950. The van der Waals surface area contributed by atoms with E-state index in [1.54, 1.807) is 13.0 Å². The first-order valence-electron chi connectivity index (χ1n) is 17.4. The number of aromatic hydroxyl groups is 1. The molecule has 5 heterocycles. The Morgan fingerprint density at radius 1 is 1.02 bits per heavy atom. The van der Waals surface area contributed by atoms with Crippen molar-refractivity contribution in [2.24, 2.45) is 5.41 Å². The lowest BCUT2D eigenvalue weighted by atomic mass is 9.94. The van der Waals surface area contributed by atoms with Gasteiger partial charge in [-0.25, -0.2) is 13.8 Å². The van der Waals surface area contributed by atoms with Crippen molar-refractivity contribution in [2.75, 3.05) is 50.8 Å². The summed E-state index contributed by atoms with van der Waals surface area (Å²) >= 11 is 0. The van der Waals surface area contributed by atoms with E-state index in [-0.39, 0.29) is 46.6 Å². The second-order valence-corrected chi connectivity index (χ2v) is 14.3. The molecule has 14 heteroatoms. The Labute approximate surface area is 285 Å². The number of piperazine rings is 1. The van der Waals surface area contributed by atoms with Gasteiger partial charge in [-0.15, -0.1) is 13.2 Å². The molecule has 9 nitrogen and oxygen atoms in total. The van der Waals surface area contributed by atoms with Crippen molar-refractivity contribution < 1.29 is 36.5 Å². The van der Waals surface area contributed by atoms with Crippen LogP contribution in [-0.2, 0) is 11.2 Å². The average molecular weight is 699 g/mol. The van der Waals surface area contributed by atoms with Crippen LogP contribution < -0.4 is 15.0 Å². The van der Waals surface area contributed by atoms with Crippen LogP contribution in [0.2, 0.25) is 0 Å². The SMILES string of the molecule is Cc1c(F)ccc2cc(O)cc(-c3nc4c5c(nc(OCC6(CN7CCC(OC(F)(F)F)CC7)CC6)nc5c3F)N3CCNC[C@H]3CCC4)c12. The van der Waals surface area contributed by atoms with E-state index in [2.05, 4.69) is 24.8 Å². The topological polar surface area (TPSA) is 95.9 Å². The number of benzene rings is 2.